The number of carbonyl (C=O) groups is 1. The van der Waals surface area contributed by atoms with Crippen molar-refractivity contribution in [1.29, 1.82) is 5.26 Å². The number of ether oxygens (including phenoxy) is 1. The summed E-state index contributed by atoms with van der Waals surface area (Å²) < 4.78 is 7.05. The van der Waals surface area contributed by atoms with Gasteiger partial charge in [-0.25, -0.2) is 14.8 Å². The zero-order valence-corrected chi connectivity index (χ0v) is 17.7. The van der Waals surface area contributed by atoms with Crippen LogP contribution in [-0.4, -0.2) is 32.7 Å². The second-order valence-electron chi connectivity index (χ2n) is 6.98. The average molecular weight is 445 g/mol. The van der Waals surface area contributed by atoms with Gasteiger partial charge in [0.1, 0.15) is 10.8 Å². The van der Waals surface area contributed by atoms with E-state index >= 15 is 0 Å². The van der Waals surface area contributed by atoms with Crippen molar-refractivity contribution >= 4 is 40.3 Å². The maximum Gasteiger partial charge on any atom is 0.335 e. The largest absolute Gasteiger partial charge is 0.481 e. The molecule has 0 unspecified atom stereocenters. The van der Waals surface area contributed by atoms with Crippen LogP contribution in [0.1, 0.15) is 27.0 Å². The molecule has 7 nitrogen and oxygen atoms in total. The van der Waals surface area contributed by atoms with Crippen LogP contribution in [0.4, 0.5) is 0 Å². The number of carboxylic acids is 1. The van der Waals surface area contributed by atoms with Gasteiger partial charge in [0.25, 0.3) is 0 Å². The van der Waals surface area contributed by atoms with Gasteiger partial charge in [0, 0.05) is 29.4 Å². The van der Waals surface area contributed by atoms with Crippen LogP contribution >= 0.6 is 11.6 Å². The van der Waals surface area contributed by atoms with Crippen molar-refractivity contribution in [3.63, 3.8) is 0 Å². The number of fused-ring (bicyclic) bond motifs is 1. The molecular weight excluding hydrogens is 428 g/mol. The summed E-state index contributed by atoms with van der Waals surface area (Å²) in [4.78, 5) is 19.8. The first-order valence-corrected chi connectivity index (χ1v) is 9.96. The molecule has 0 aliphatic rings. The van der Waals surface area contributed by atoms with E-state index < -0.39 is 5.97 Å². The lowest BCUT2D eigenvalue weighted by Crippen LogP contribution is -2.00. The van der Waals surface area contributed by atoms with Crippen molar-refractivity contribution in [3.05, 3.63) is 88.3 Å². The summed E-state index contributed by atoms with van der Waals surface area (Å²) in [7, 11) is 1.56. The summed E-state index contributed by atoms with van der Waals surface area (Å²) in [5, 5.41) is 20.0. The summed E-state index contributed by atoms with van der Waals surface area (Å²) in [6, 6.07) is 15.7. The minimum atomic E-state index is -1.02. The molecule has 0 saturated carbocycles. The zero-order valence-electron chi connectivity index (χ0n) is 17.0. The lowest BCUT2D eigenvalue weighted by Gasteiger charge is -2.05. The van der Waals surface area contributed by atoms with Crippen LogP contribution in [0.15, 0.2) is 60.9 Å². The van der Waals surface area contributed by atoms with Gasteiger partial charge in [-0.1, -0.05) is 29.8 Å². The summed E-state index contributed by atoms with van der Waals surface area (Å²) in [5.41, 5.74) is 3.61. The maximum absolute atomic E-state index is 11.1. The van der Waals surface area contributed by atoms with Crippen LogP contribution in [0, 0.1) is 11.3 Å². The highest BCUT2D eigenvalue weighted by Gasteiger charge is 2.12. The van der Waals surface area contributed by atoms with E-state index in [4.69, 9.17) is 21.4 Å². The molecule has 0 aliphatic carbocycles. The van der Waals surface area contributed by atoms with Crippen LogP contribution in [0.5, 0.6) is 5.88 Å². The van der Waals surface area contributed by atoms with Crippen molar-refractivity contribution in [1.82, 2.24) is 14.5 Å². The topological polar surface area (TPSA) is 101 Å². The third-order valence-corrected chi connectivity index (χ3v) is 5.15. The molecule has 0 amide bonds. The first-order valence-electron chi connectivity index (χ1n) is 9.58. The SMILES string of the molecule is COc1ccc(Cn2cc(C=C(C#N)c3ccc(C(=O)O)cc3)c3ccc(Cl)nc32)cn1. The molecule has 0 aliphatic heterocycles. The predicted octanol–water partition coefficient (Wildman–Crippen LogP) is 4.90. The fourth-order valence-corrected chi connectivity index (χ4v) is 3.50. The Morgan fingerprint density at radius 2 is 1.94 bits per heavy atom. The quantitative estimate of drug-likeness (QED) is 0.335. The number of halogens is 1. The minimum absolute atomic E-state index is 0.162. The molecule has 4 aromatic rings. The highest BCUT2D eigenvalue weighted by Crippen LogP contribution is 2.27. The van der Waals surface area contributed by atoms with E-state index in [0.29, 0.717) is 34.4 Å². The normalized spacial score (nSPS) is 11.3. The number of nitriles is 1. The van der Waals surface area contributed by atoms with E-state index in [-0.39, 0.29) is 5.56 Å². The van der Waals surface area contributed by atoms with Gasteiger partial charge in [-0.2, -0.15) is 5.26 Å². The molecule has 0 radical (unpaired) electrons. The molecule has 0 spiro atoms. The van der Waals surface area contributed by atoms with Crippen molar-refractivity contribution in [3.8, 4) is 11.9 Å². The number of aromatic nitrogens is 3. The molecule has 3 aromatic heterocycles. The highest BCUT2D eigenvalue weighted by atomic mass is 35.5. The van der Waals surface area contributed by atoms with Gasteiger partial charge in [0.15, 0.2) is 0 Å². The number of carboxylic acid groups (broad SMARTS) is 1. The number of hydrogen-bond acceptors (Lipinski definition) is 5. The second kappa shape index (κ2) is 8.92. The van der Waals surface area contributed by atoms with Gasteiger partial charge >= 0.3 is 5.97 Å². The van der Waals surface area contributed by atoms with Crippen LogP contribution in [0.25, 0.3) is 22.7 Å². The summed E-state index contributed by atoms with van der Waals surface area (Å²) >= 11 is 6.14. The molecule has 0 fully saturated rings. The molecule has 8 heteroatoms. The Morgan fingerprint density at radius 3 is 2.56 bits per heavy atom. The van der Waals surface area contributed by atoms with Gasteiger partial charge in [-0.05, 0) is 41.5 Å². The average Bonchev–Trinajstić information content (AvgIpc) is 3.14. The minimum Gasteiger partial charge on any atom is -0.481 e. The second-order valence-corrected chi connectivity index (χ2v) is 7.37. The number of rotatable bonds is 6. The molecule has 4 rings (SSSR count). The number of hydrogen-bond donors (Lipinski definition) is 1. The predicted molar refractivity (Wildman–Crippen MR) is 122 cm³/mol. The Labute approximate surface area is 188 Å². The van der Waals surface area contributed by atoms with E-state index in [1.165, 1.54) is 12.1 Å². The Bertz CT molecular complexity index is 1370. The number of allylic oxidation sites excluding steroid dienone is 1. The van der Waals surface area contributed by atoms with Gasteiger partial charge in [-0.15, -0.1) is 0 Å². The number of pyridine rings is 2. The van der Waals surface area contributed by atoms with Crippen LogP contribution in [0.2, 0.25) is 5.15 Å². The lowest BCUT2D eigenvalue weighted by molar-refractivity contribution is 0.0697. The van der Waals surface area contributed by atoms with E-state index in [0.717, 1.165) is 16.5 Å². The fourth-order valence-electron chi connectivity index (χ4n) is 3.35. The fraction of sp³-hybridized carbons (Fsp3) is 0.0833. The van der Waals surface area contributed by atoms with Crippen molar-refractivity contribution in [2.24, 2.45) is 0 Å². The molecule has 32 heavy (non-hydrogen) atoms. The Balaban J connectivity index is 1.76. The molecule has 1 N–H and O–H groups in total. The van der Waals surface area contributed by atoms with Crippen LogP contribution in [-0.2, 0) is 6.54 Å². The molecule has 1 aromatic carbocycles. The monoisotopic (exact) mass is 444 g/mol. The Morgan fingerprint density at radius 1 is 1.19 bits per heavy atom. The van der Waals surface area contributed by atoms with E-state index in [2.05, 4.69) is 16.0 Å². The van der Waals surface area contributed by atoms with E-state index in [1.54, 1.807) is 43.6 Å². The third-order valence-electron chi connectivity index (χ3n) is 4.94. The summed E-state index contributed by atoms with van der Waals surface area (Å²) in [6.45, 7) is 0.504. The van der Waals surface area contributed by atoms with Gasteiger partial charge < -0.3 is 14.4 Å². The van der Waals surface area contributed by atoms with Crippen LogP contribution in [0.3, 0.4) is 0 Å². The molecule has 0 atom stereocenters. The maximum atomic E-state index is 11.1. The highest BCUT2D eigenvalue weighted by molar-refractivity contribution is 6.29. The van der Waals surface area contributed by atoms with Gasteiger partial charge in [-0.3, -0.25) is 0 Å². The molecule has 0 saturated heterocycles. The molecule has 158 valence electrons. The molecule has 3 heterocycles. The Kier molecular flexibility index (Phi) is 5.88. The standard InChI is InChI=1S/C24H17ClN4O3/c1-32-22-9-2-15(12-27-22)13-29-14-19(20-7-8-21(25)28-23(20)29)10-18(11-26)16-3-5-17(6-4-16)24(30)31/h2-10,12,14H,13H2,1H3,(H,30,31). The smallest absolute Gasteiger partial charge is 0.335 e. The number of benzene rings is 1. The number of aromatic carboxylic acids is 1. The molecule has 0 bridgehead atoms. The summed E-state index contributed by atoms with van der Waals surface area (Å²) in [6.07, 6.45) is 5.40. The number of methoxy groups -OCH3 is 1. The van der Waals surface area contributed by atoms with E-state index in [9.17, 15) is 10.1 Å². The van der Waals surface area contributed by atoms with Crippen LogP contribution < -0.4 is 4.74 Å². The number of nitrogens with zero attached hydrogens (tertiary/aromatic N) is 4. The first kappa shape index (κ1) is 21.1. The summed E-state index contributed by atoms with van der Waals surface area (Å²) in [5.74, 6) is -0.485. The van der Waals surface area contributed by atoms with Crippen molar-refractivity contribution < 1.29 is 14.6 Å². The molecular formula is C24H17ClN4O3. The third kappa shape index (κ3) is 4.31. The van der Waals surface area contributed by atoms with Gasteiger partial charge in [0.05, 0.1) is 30.9 Å². The van der Waals surface area contributed by atoms with E-state index in [1.807, 2.05) is 22.9 Å². The lowest BCUT2D eigenvalue weighted by atomic mass is 10.0. The van der Waals surface area contributed by atoms with Crippen molar-refractivity contribution in [2.45, 2.75) is 6.54 Å². The van der Waals surface area contributed by atoms with Gasteiger partial charge in [0.2, 0.25) is 5.88 Å². The van der Waals surface area contributed by atoms with Crippen molar-refractivity contribution in [2.75, 3.05) is 7.11 Å². The Hall–Kier alpha value is -4.15. The first-order chi connectivity index (χ1) is 15.5. The zero-order chi connectivity index (χ0) is 22.7.